The topological polar surface area (TPSA) is 59.8 Å². The highest BCUT2D eigenvalue weighted by atomic mass is 127. The molecule has 2 aromatic heterocycles. The van der Waals surface area contributed by atoms with Crippen molar-refractivity contribution in [3.05, 3.63) is 40.3 Å². The van der Waals surface area contributed by atoms with Crippen LogP contribution in [0.15, 0.2) is 29.2 Å². The molecular weight excluding hydrogens is 539 g/mol. The van der Waals surface area contributed by atoms with Crippen molar-refractivity contribution in [1.29, 1.82) is 0 Å². The minimum absolute atomic E-state index is 0.0183. The second-order valence-corrected chi connectivity index (χ2v) is 9.31. The predicted octanol–water partition coefficient (Wildman–Crippen LogP) is 5.95. The van der Waals surface area contributed by atoms with Gasteiger partial charge >= 0.3 is 0 Å². The van der Waals surface area contributed by atoms with E-state index in [1.54, 1.807) is 18.2 Å². The van der Waals surface area contributed by atoms with E-state index in [9.17, 15) is 13.0 Å². The van der Waals surface area contributed by atoms with Crippen LogP contribution in [-0.2, 0) is 10.8 Å². The standard InChI is InChI=1S/C14H10Cl2F2IN4OPS/c1-26(24)9-4-6(15)2-3-7(9)20-8-5-10(16)21-13-11(8)22-14(12(17)18)23(13)25-19/h2-5,12,25H,1H3,(H,20,21). The molecule has 0 aliphatic heterocycles. The quantitative estimate of drug-likeness (QED) is 0.243. The molecule has 0 spiro atoms. The van der Waals surface area contributed by atoms with Gasteiger partial charge in [0, 0.05) is 17.3 Å². The van der Waals surface area contributed by atoms with Gasteiger partial charge < -0.3 is 5.32 Å². The third-order valence-corrected chi connectivity index (χ3v) is 6.86. The molecule has 0 saturated carbocycles. The number of aromatic nitrogens is 3. The second kappa shape index (κ2) is 8.18. The van der Waals surface area contributed by atoms with Crippen molar-refractivity contribution in [2.75, 3.05) is 11.6 Å². The van der Waals surface area contributed by atoms with Crippen LogP contribution in [-0.4, -0.2) is 24.8 Å². The average molecular weight is 549 g/mol. The first-order valence-corrected chi connectivity index (χ1v) is 13.3. The lowest BCUT2D eigenvalue weighted by molar-refractivity contribution is 0.140. The Morgan fingerprint density at radius 2 is 2.00 bits per heavy atom. The molecule has 3 aromatic rings. The van der Waals surface area contributed by atoms with E-state index < -0.39 is 17.2 Å². The number of pyridine rings is 1. The molecule has 2 unspecified atom stereocenters. The molecule has 2 atom stereocenters. The van der Waals surface area contributed by atoms with Crippen molar-refractivity contribution in [2.45, 2.75) is 11.3 Å². The van der Waals surface area contributed by atoms with Crippen molar-refractivity contribution < 1.29 is 13.0 Å². The van der Waals surface area contributed by atoms with Crippen molar-refractivity contribution in [1.82, 2.24) is 14.3 Å². The van der Waals surface area contributed by atoms with E-state index in [1.165, 1.54) is 16.7 Å². The molecule has 0 fully saturated rings. The van der Waals surface area contributed by atoms with Crippen molar-refractivity contribution in [3.63, 3.8) is 0 Å². The Morgan fingerprint density at radius 3 is 2.62 bits per heavy atom. The number of fused-ring (bicyclic) bond motifs is 1. The summed E-state index contributed by atoms with van der Waals surface area (Å²) in [5.74, 6) is -0.374. The van der Waals surface area contributed by atoms with Gasteiger partial charge in [0.1, 0.15) is 10.7 Å². The Balaban J connectivity index is 2.19. The highest BCUT2D eigenvalue weighted by Crippen LogP contribution is 2.38. The molecule has 0 saturated heterocycles. The third kappa shape index (κ3) is 3.96. The zero-order valence-electron chi connectivity index (χ0n) is 12.9. The number of hydrogen-bond acceptors (Lipinski definition) is 4. The Hall–Kier alpha value is -0.610. The molecule has 0 aliphatic rings. The molecule has 0 bridgehead atoms. The lowest BCUT2D eigenvalue weighted by atomic mass is 10.3. The summed E-state index contributed by atoms with van der Waals surface area (Å²) in [4.78, 5) is 8.65. The number of halogens is 5. The summed E-state index contributed by atoms with van der Waals surface area (Å²) in [5.41, 5.74) is 1.43. The van der Waals surface area contributed by atoms with Crippen LogP contribution in [0.5, 0.6) is 0 Å². The fourth-order valence-corrected chi connectivity index (χ4v) is 5.39. The van der Waals surface area contributed by atoms with Gasteiger partial charge in [0.15, 0.2) is 11.5 Å². The molecule has 26 heavy (non-hydrogen) atoms. The minimum Gasteiger partial charge on any atom is -0.353 e. The fraction of sp³-hybridized carbons (Fsp3) is 0.143. The first-order chi connectivity index (χ1) is 12.3. The Morgan fingerprint density at radius 1 is 1.27 bits per heavy atom. The Labute approximate surface area is 174 Å². The van der Waals surface area contributed by atoms with Crippen molar-refractivity contribution in [2.24, 2.45) is 0 Å². The van der Waals surface area contributed by atoms with Gasteiger partial charge in [0.05, 0.1) is 33.4 Å². The normalized spacial score (nSPS) is 13.2. The minimum atomic E-state index is -2.74. The lowest BCUT2D eigenvalue weighted by Gasteiger charge is -2.12. The van der Waals surface area contributed by atoms with Crippen LogP contribution in [0, 0.1) is 0 Å². The van der Waals surface area contributed by atoms with Crippen molar-refractivity contribution in [3.8, 4) is 0 Å². The van der Waals surface area contributed by atoms with Crippen LogP contribution in [0.3, 0.4) is 0 Å². The number of alkyl halides is 2. The molecule has 0 aliphatic carbocycles. The first kappa shape index (κ1) is 20.1. The van der Waals surface area contributed by atoms with Crippen LogP contribution in [0.4, 0.5) is 20.2 Å². The molecule has 138 valence electrons. The van der Waals surface area contributed by atoms with Crippen LogP contribution in [0.25, 0.3) is 11.2 Å². The first-order valence-electron chi connectivity index (χ1n) is 6.95. The van der Waals surface area contributed by atoms with Crippen molar-refractivity contribution >= 4 is 85.0 Å². The highest BCUT2D eigenvalue weighted by molar-refractivity contribution is 14.2. The van der Waals surface area contributed by atoms with Crippen LogP contribution in [0.1, 0.15) is 12.2 Å². The number of benzene rings is 1. The van der Waals surface area contributed by atoms with Gasteiger partial charge in [-0.1, -0.05) is 23.2 Å². The average Bonchev–Trinajstić information content (AvgIpc) is 2.95. The van der Waals surface area contributed by atoms with Crippen LogP contribution in [0.2, 0.25) is 10.2 Å². The predicted molar refractivity (Wildman–Crippen MR) is 112 cm³/mol. The Bertz CT molecular complexity index is 1020. The molecule has 0 radical (unpaired) electrons. The van der Waals surface area contributed by atoms with Gasteiger partial charge in [-0.25, -0.2) is 18.7 Å². The summed E-state index contributed by atoms with van der Waals surface area (Å²) in [6.45, 7) is 0. The van der Waals surface area contributed by atoms with Gasteiger partial charge in [-0.05, 0) is 40.2 Å². The molecule has 2 heterocycles. The lowest BCUT2D eigenvalue weighted by Crippen LogP contribution is -1.99. The second-order valence-electron chi connectivity index (χ2n) is 5.07. The van der Waals surface area contributed by atoms with E-state index in [0.29, 0.717) is 21.3 Å². The maximum absolute atomic E-state index is 13.3. The summed E-state index contributed by atoms with van der Waals surface area (Å²) in [7, 11) is -1.31. The number of hydrogen-bond donors (Lipinski definition) is 1. The number of rotatable bonds is 5. The molecule has 5 nitrogen and oxygen atoms in total. The summed E-state index contributed by atoms with van der Waals surface area (Å²) in [6, 6.07) is 6.36. The largest absolute Gasteiger partial charge is 0.353 e. The van der Waals surface area contributed by atoms with E-state index in [0.717, 1.165) is 0 Å². The third-order valence-electron chi connectivity index (χ3n) is 3.41. The van der Waals surface area contributed by atoms with Gasteiger partial charge in [0.2, 0.25) is 0 Å². The molecule has 12 heteroatoms. The fourth-order valence-electron chi connectivity index (χ4n) is 2.34. The molecule has 1 aromatic carbocycles. The highest BCUT2D eigenvalue weighted by Gasteiger charge is 2.22. The number of nitrogens with one attached hydrogen (secondary N) is 1. The monoisotopic (exact) mass is 548 g/mol. The smallest absolute Gasteiger partial charge is 0.295 e. The van der Waals surface area contributed by atoms with Gasteiger partial charge in [-0.2, -0.15) is 0 Å². The SMILES string of the molecule is CS(=O)c1cc(Cl)ccc1Nc1cc(Cl)nc2c1nc(C(F)F)n2PI. The number of anilines is 2. The molecule has 3 rings (SSSR count). The number of imidazole rings is 1. The molecule has 0 amide bonds. The van der Waals surface area contributed by atoms with Crippen LogP contribution >= 0.6 is 51.6 Å². The maximum atomic E-state index is 13.3. The number of nitrogens with zero attached hydrogens (tertiary/aromatic N) is 3. The Kier molecular flexibility index (Phi) is 6.33. The zero-order chi connectivity index (χ0) is 19.0. The summed E-state index contributed by atoms with van der Waals surface area (Å²) in [6.07, 6.45) is -1.24. The van der Waals surface area contributed by atoms with Gasteiger partial charge in [-0.15, -0.1) is 0 Å². The van der Waals surface area contributed by atoms with E-state index >= 15 is 0 Å². The maximum Gasteiger partial charge on any atom is 0.295 e. The molecule has 1 N–H and O–H groups in total. The van der Waals surface area contributed by atoms with Gasteiger partial charge in [0.25, 0.3) is 6.43 Å². The van der Waals surface area contributed by atoms with Crippen LogP contribution < -0.4 is 5.32 Å². The van der Waals surface area contributed by atoms with E-state index in [-0.39, 0.29) is 28.5 Å². The molecular formula is C14H10Cl2F2IN4OPS. The van der Waals surface area contributed by atoms with E-state index in [4.69, 9.17) is 23.2 Å². The summed E-state index contributed by atoms with van der Waals surface area (Å²) >= 11 is 14.0. The summed E-state index contributed by atoms with van der Waals surface area (Å²) < 4.78 is 39.9. The summed E-state index contributed by atoms with van der Waals surface area (Å²) in [5, 5.41) is 3.64. The zero-order valence-corrected chi connectivity index (χ0v) is 18.4. The van der Waals surface area contributed by atoms with Gasteiger partial charge in [-0.3, -0.25) is 8.55 Å². The van der Waals surface area contributed by atoms with E-state index in [1.807, 2.05) is 22.0 Å². The van der Waals surface area contributed by atoms with E-state index in [2.05, 4.69) is 15.3 Å².